The Morgan fingerprint density at radius 1 is 1.47 bits per heavy atom. The number of rotatable bonds is 4. The number of hydrogen-bond donors (Lipinski definition) is 0. The van der Waals surface area contributed by atoms with Crippen molar-refractivity contribution in [3.8, 4) is 0 Å². The summed E-state index contributed by atoms with van der Waals surface area (Å²) in [5.74, 6) is 0.861. The maximum Gasteiger partial charge on any atom is 0.150 e. The molecule has 0 saturated carbocycles. The molecule has 2 aromatic rings. The Morgan fingerprint density at radius 2 is 2.40 bits per heavy atom. The van der Waals surface area contributed by atoms with E-state index < -0.39 is 0 Å². The second-order valence-electron chi connectivity index (χ2n) is 2.90. The fourth-order valence-corrected chi connectivity index (χ4v) is 2.76. The summed E-state index contributed by atoms with van der Waals surface area (Å²) < 4.78 is 0. The minimum absolute atomic E-state index is 0.721. The fourth-order valence-electron chi connectivity index (χ4n) is 1.15. The third-order valence-corrected chi connectivity index (χ3v) is 3.81. The number of carbonyl (C=O) groups excluding carboxylic acids is 1. The molecule has 1 aromatic carbocycles. The van der Waals surface area contributed by atoms with Crippen molar-refractivity contribution in [3.05, 3.63) is 46.4 Å². The molecular weight excluding hydrogens is 226 g/mol. The second-order valence-corrected chi connectivity index (χ2v) is 4.93. The molecule has 0 aliphatic rings. The predicted octanol–water partition coefficient (Wildman–Crippen LogP) is 3.25. The molecule has 2 rings (SSSR count). The number of thioether (sulfide) groups is 1. The van der Waals surface area contributed by atoms with E-state index in [2.05, 4.69) is 4.98 Å². The zero-order valence-corrected chi connectivity index (χ0v) is 9.55. The lowest BCUT2D eigenvalue weighted by Gasteiger charge is -1.99. The average Bonchev–Trinajstić information content (AvgIpc) is 2.79. The second kappa shape index (κ2) is 5.09. The first kappa shape index (κ1) is 10.4. The van der Waals surface area contributed by atoms with Crippen molar-refractivity contribution in [2.45, 2.75) is 10.6 Å². The molecule has 0 saturated heterocycles. The van der Waals surface area contributed by atoms with Crippen LogP contribution in [-0.2, 0) is 5.75 Å². The zero-order chi connectivity index (χ0) is 10.5. The summed E-state index contributed by atoms with van der Waals surface area (Å²) >= 11 is 3.35. The Balaban J connectivity index is 2.01. The Hall–Kier alpha value is -1.13. The lowest BCUT2D eigenvalue weighted by Crippen LogP contribution is -1.81. The first-order valence-corrected chi connectivity index (χ1v) is 6.31. The van der Waals surface area contributed by atoms with Gasteiger partial charge < -0.3 is 0 Å². The molecule has 0 bridgehead atoms. The number of carbonyl (C=O) groups is 1. The van der Waals surface area contributed by atoms with Gasteiger partial charge in [-0.05, 0) is 12.1 Å². The van der Waals surface area contributed by atoms with Crippen molar-refractivity contribution in [1.29, 1.82) is 0 Å². The molecule has 0 aliphatic heterocycles. The van der Waals surface area contributed by atoms with Gasteiger partial charge in [-0.1, -0.05) is 12.1 Å². The zero-order valence-electron chi connectivity index (χ0n) is 7.92. The van der Waals surface area contributed by atoms with Gasteiger partial charge in [-0.25, -0.2) is 4.98 Å². The van der Waals surface area contributed by atoms with Crippen LogP contribution >= 0.6 is 23.1 Å². The van der Waals surface area contributed by atoms with E-state index in [1.807, 2.05) is 29.8 Å². The highest BCUT2D eigenvalue weighted by Gasteiger charge is 1.99. The minimum atomic E-state index is 0.721. The van der Waals surface area contributed by atoms with Gasteiger partial charge in [0.15, 0.2) is 0 Å². The fraction of sp³-hybridized carbons (Fsp3) is 0.0909. The van der Waals surface area contributed by atoms with Crippen LogP contribution in [0.25, 0.3) is 0 Å². The number of nitrogens with zero attached hydrogens (tertiary/aromatic N) is 1. The van der Waals surface area contributed by atoms with Crippen molar-refractivity contribution in [3.63, 3.8) is 0 Å². The Kier molecular flexibility index (Phi) is 3.53. The summed E-state index contributed by atoms with van der Waals surface area (Å²) in [7, 11) is 0. The quantitative estimate of drug-likeness (QED) is 0.602. The third kappa shape index (κ3) is 2.91. The van der Waals surface area contributed by atoms with E-state index in [-0.39, 0.29) is 0 Å². The average molecular weight is 235 g/mol. The molecule has 0 aliphatic carbocycles. The SMILES string of the molecule is O=Cc1cccc(SCc2nccs2)c1. The van der Waals surface area contributed by atoms with E-state index in [4.69, 9.17) is 0 Å². The first-order valence-electron chi connectivity index (χ1n) is 4.45. The van der Waals surface area contributed by atoms with Gasteiger partial charge in [0.1, 0.15) is 11.3 Å². The van der Waals surface area contributed by atoms with Crippen LogP contribution in [0.1, 0.15) is 15.4 Å². The number of benzene rings is 1. The minimum Gasteiger partial charge on any atom is -0.298 e. The van der Waals surface area contributed by atoms with Crippen LogP contribution in [0.4, 0.5) is 0 Å². The summed E-state index contributed by atoms with van der Waals surface area (Å²) in [4.78, 5) is 15.9. The van der Waals surface area contributed by atoms with Gasteiger partial charge in [-0.3, -0.25) is 4.79 Å². The highest BCUT2D eigenvalue weighted by Crippen LogP contribution is 2.23. The maximum atomic E-state index is 10.6. The van der Waals surface area contributed by atoms with Gasteiger partial charge >= 0.3 is 0 Å². The van der Waals surface area contributed by atoms with E-state index in [0.29, 0.717) is 0 Å². The van der Waals surface area contributed by atoms with Crippen LogP contribution in [0.5, 0.6) is 0 Å². The lowest BCUT2D eigenvalue weighted by atomic mass is 10.2. The molecule has 0 atom stereocenters. The number of thiazole rings is 1. The maximum absolute atomic E-state index is 10.6. The van der Waals surface area contributed by atoms with Crippen LogP contribution < -0.4 is 0 Å². The Bertz CT molecular complexity index is 440. The van der Waals surface area contributed by atoms with Gasteiger partial charge in [0, 0.05) is 22.0 Å². The van der Waals surface area contributed by atoms with E-state index in [1.165, 1.54) is 0 Å². The molecule has 0 spiro atoms. The summed E-state index contributed by atoms with van der Waals surface area (Å²) in [6, 6.07) is 7.60. The highest BCUT2D eigenvalue weighted by atomic mass is 32.2. The predicted molar refractivity (Wildman–Crippen MR) is 63.5 cm³/mol. The van der Waals surface area contributed by atoms with Crippen LogP contribution in [-0.4, -0.2) is 11.3 Å². The molecule has 0 amide bonds. The molecular formula is C11H9NOS2. The van der Waals surface area contributed by atoms with Gasteiger partial charge in [0.05, 0.1) is 5.75 Å². The van der Waals surface area contributed by atoms with E-state index in [0.717, 1.165) is 27.5 Å². The normalized spacial score (nSPS) is 10.1. The smallest absolute Gasteiger partial charge is 0.150 e. The third-order valence-electron chi connectivity index (χ3n) is 1.84. The van der Waals surface area contributed by atoms with Gasteiger partial charge in [0.2, 0.25) is 0 Å². The van der Waals surface area contributed by atoms with Crippen molar-refractivity contribution in [1.82, 2.24) is 4.98 Å². The van der Waals surface area contributed by atoms with Gasteiger partial charge in [-0.2, -0.15) is 0 Å². The van der Waals surface area contributed by atoms with Crippen LogP contribution in [0, 0.1) is 0 Å². The molecule has 1 aromatic heterocycles. The monoisotopic (exact) mass is 235 g/mol. The molecule has 0 radical (unpaired) electrons. The van der Waals surface area contributed by atoms with Crippen molar-refractivity contribution in [2.75, 3.05) is 0 Å². The van der Waals surface area contributed by atoms with Gasteiger partial charge in [0.25, 0.3) is 0 Å². The van der Waals surface area contributed by atoms with Crippen LogP contribution in [0.3, 0.4) is 0 Å². The molecule has 2 nitrogen and oxygen atoms in total. The lowest BCUT2D eigenvalue weighted by molar-refractivity contribution is 0.112. The number of aromatic nitrogens is 1. The molecule has 0 N–H and O–H groups in total. The number of aldehydes is 1. The topological polar surface area (TPSA) is 30.0 Å². The van der Waals surface area contributed by atoms with Crippen molar-refractivity contribution < 1.29 is 4.79 Å². The first-order chi connectivity index (χ1) is 7.38. The van der Waals surface area contributed by atoms with Crippen molar-refractivity contribution >= 4 is 29.4 Å². The van der Waals surface area contributed by atoms with Crippen molar-refractivity contribution in [2.24, 2.45) is 0 Å². The summed E-state index contributed by atoms with van der Waals surface area (Å²) in [5, 5.41) is 3.08. The van der Waals surface area contributed by atoms with Gasteiger partial charge in [-0.15, -0.1) is 23.1 Å². The number of hydrogen-bond acceptors (Lipinski definition) is 4. The molecule has 0 unspecified atom stereocenters. The summed E-state index contributed by atoms with van der Waals surface area (Å²) in [6.07, 6.45) is 2.68. The van der Waals surface area contributed by atoms with E-state index >= 15 is 0 Å². The standard InChI is InChI=1S/C11H9NOS2/c13-7-9-2-1-3-10(6-9)15-8-11-12-4-5-14-11/h1-7H,8H2. The van der Waals surface area contributed by atoms with Crippen LogP contribution in [0.2, 0.25) is 0 Å². The van der Waals surface area contributed by atoms with Crippen LogP contribution in [0.15, 0.2) is 40.7 Å². The summed E-state index contributed by atoms with van der Waals surface area (Å²) in [5.41, 5.74) is 0.721. The molecule has 15 heavy (non-hydrogen) atoms. The molecule has 1 heterocycles. The van der Waals surface area contributed by atoms with E-state index in [1.54, 1.807) is 29.2 Å². The summed E-state index contributed by atoms with van der Waals surface area (Å²) in [6.45, 7) is 0. The highest BCUT2D eigenvalue weighted by molar-refractivity contribution is 7.98. The molecule has 76 valence electrons. The molecule has 4 heteroatoms. The Labute approximate surface area is 96.4 Å². The Morgan fingerprint density at radius 3 is 3.13 bits per heavy atom. The molecule has 0 fully saturated rings. The van der Waals surface area contributed by atoms with E-state index in [9.17, 15) is 4.79 Å². The largest absolute Gasteiger partial charge is 0.298 e.